The SMILES string of the molecule is [B]c1ccc(C[P+](=C)CC)cc1. The second kappa shape index (κ2) is 4.47. The molecule has 1 rings (SSSR count). The summed E-state index contributed by atoms with van der Waals surface area (Å²) in [5.41, 5.74) is 2.19. The van der Waals surface area contributed by atoms with Gasteiger partial charge in [-0.05, 0) is 12.5 Å². The van der Waals surface area contributed by atoms with E-state index in [-0.39, 0.29) is 7.55 Å². The summed E-state index contributed by atoms with van der Waals surface area (Å²) in [4.78, 5) is 0. The lowest BCUT2D eigenvalue weighted by Crippen LogP contribution is -1.99. The average Bonchev–Trinajstić information content (AvgIpc) is 2.09. The van der Waals surface area contributed by atoms with Crippen LogP contribution in [-0.4, -0.2) is 20.3 Å². The molecule has 0 amide bonds. The van der Waals surface area contributed by atoms with Gasteiger partial charge < -0.3 is 0 Å². The molecule has 2 heteroatoms. The molecule has 0 heterocycles. The minimum absolute atomic E-state index is 0.0551. The molecule has 0 aliphatic rings. The molecule has 1 aromatic rings. The van der Waals surface area contributed by atoms with Crippen LogP contribution in [0.25, 0.3) is 0 Å². The van der Waals surface area contributed by atoms with E-state index in [1.54, 1.807) is 0 Å². The fourth-order valence-electron chi connectivity index (χ4n) is 0.993. The maximum Gasteiger partial charge on any atom is 0.131 e. The average molecular weight is 175 g/mol. The summed E-state index contributed by atoms with van der Waals surface area (Å²) in [6, 6.07) is 8.08. The minimum atomic E-state index is -0.0551. The molecule has 2 radical (unpaired) electrons. The van der Waals surface area contributed by atoms with Gasteiger partial charge in [0.2, 0.25) is 0 Å². The Hall–Kier alpha value is -0.545. The van der Waals surface area contributed by atoms with E-state index in [4.69, 9.17) is 7.85 Å². The lowest BCUT2D eigenvalue weighted by atomic mass is 9.96. The molecular formula is C10H13BP+. The highest BCUT2D eigenvalue weighted by molar-refractivity contribution is 7.54. The Labute approximate surface area is 76.8 Å². The van der Waals surface area contributed by atoms with Gasteiger partial charge >= 0.3 is 0 Å². The Morgan fingerprint density at radius 2 is 1.92 bits per heavy atom. The Kier molecular flexibility index (Phi) is 3.56. The van der Waals surface area contributed by atoms with Gasteiger partial charge in [0.1, 0.15) is 20.2 Å². The van der Waals surface area contributed by atoms with Crippen molar-refractivity contribution in [2.75, 3.05) is 6.16 Å². The molecular weight excluding hydrogens is 162 g/mol. The number of rotatable bonds is 3. The van der Waals surface area contributed by atoms with Crippen molar-refractivity contribution in [2.45, 2.75) is 13.1 Å². The van der Waals surface area contributed by atoms with Gasteiger partial charge in [-0.2, -0.15) is 0 Å². The zero-order chi connectivity index (χ0) is 8.97. The molecule has 0 aliphatic heterocycles. The van der Waals surface area contributed by atoms with E-state index in [0.29, 0.717) is 0 Å². The van der Waals surface area contributed by atoms with Crippen LogP contribution in [-0.2, 0) is 6.16 Å². The Balaban J connectivity index is 2.64. The molecule has 0 saturated carbocycles. The Morgan fingerprint density at radius 3 is 2.42 bits per heavy atom. The van der Waals surface area contributed by atoms with Gasteiger partial charge in [-0.1, -0.05) is 29.7 Å². The standard InChI is InChI=1S/C10H13BP/c1-3-12(2)8-9-4-6-10(11)7-5-9/h4-7H,2-3,8H2,1H3/q+1. The zero-order valence-corrected chi connectivity index (χ0v) is 8.35. The van der Waals surface area contributed by atoms with Gasteiger partial charge in [-0.25, -0.2) is 0 Å². The van der Waals surface area contributed by atoms with Crippen LogP contribution in [0.15, 0.2) is 24.3 Å². The topological polar surface area (TPSA) is 0 Å². The largest absolute Gasteiger partial charge is 0.131 e. The molecule has 1 aromatic carbocycles. The van der Waals surface area contributed by atoms with Gasteiger partial charge in [0.05, 0.1) is 13.8 Å². The van der Waals surface area contributed by atoms with Crippen molar-refractivity contribution in [3.63, 3.8) is 0 Å². The highest BCUT2D eigenvalue weighted by Crippen LogP contribution is 2.24. The van der Waals surface area contributed by atoms with Crippen molar-refractivity contribution in [1.29, 1.82) is 0 Å². The third kappa shape index (κ3) is 2.83. The van der Waals surface area contributed by atoms with Gasteiger partial charge in [0.25, 0.3) is 0 Å². The number of benzene rings is 1. The molecule has 0 aliphatic carbocycles. The predicted octanol–water partition coefficient (Wildman–Crippen LogP) is 1.91. The summed E-state index contributed by atoms with van der Waals surface area (Å²) >= 11 is 0. The summed E-state index contributed by atoms with van der Waals surface area (Å²) in [5, 5.41) is 0. The van der Waals surface area contributed by atoms with E-state index >= 15 is 0 Å². The van der Waals surface area contributed by atoms with E-state index < -0.39 is 0 Å². The van der Waals surface area contributed by atoms with E-state index in [0.717, 1.165) is 11.6 Å². The second-order valence-electron chi connectivity index (χ2n) is 2.89. The summed E-state index contributed by atoms with van der Waals surface area (Å²) in [7, 11) is 5.52. The summed E-state index contributed by atoms with van der Waals surface area (Å²) in [6.07, 6.45) is 6.42. The smallest absolute Gasteiger partial charge is 0.0966 e. The van der Waals surface area contributed by atoms with Crippen molar-refractivity contribution in [2.24, 2.45) is 0 Å². The molecule has 0 N–H and O–H groups in total. The van der Waals surface area contributed by atoms with Crippen LogP contribution in [0, 0.1) is 0 Å². The van der Waals surface area contributed by atoms with E-state index in [9.17, 15) is 0 Å². The van der Waals surface area contributed by atoms with Gasteiger partial charge in [0, 0.05) is 0 Å². The molecule has 1 atom stereocenters. The monoisotopic (exact) mass is 175 g/mol. The van der Waals surface area contributed by atoms with E-state index in [2.05, 4.69) is 25.4 Å². The number of hydrogen-bond donors (Lipinski definition) is 0. The van der Waals surface area contributed by atoms with E-state index in [1.165, 1.54) is 11.7 Å². The van der Waals surface area contributed by atoms with Gasteiger partial charge in [-0.15, -0.1) is 0 Å². The first-order chi connectivity index (χ1) is 5.72. The Bertz CT molecular complexity index is 264. The molecule has 0 aromatic heterocycles. The van der Waals surface area contributed by atoms with Crippen molar-refractivity contribution >= 4 is 27.2 Å². The van der Waals surface area contributed by atoms with E-state index in [1.807, 2.05) is 12.1 Å². The highest BCUT2D eigenvalue weighted by Gasteiger charge is 2.03. The maximum absolute atomic E-state index is 5.58. The molecule has 0 fully saturated rings. The second-order valence-corrected chi connectivity index (χ2v) is 5.18. The molecule has 1 unspecified atom stereocenters. The lowest BCUT2D eigenvalue weighted by molar-refractivity contribution is 1.38. The maximum atomic E-state index is 5.58. The van der Waals surface area contributed by atoms with Crippen molar-refractivity contribution in [3.05, 3.63) is 29.8 Å². The zero-order valence-electron chi connectivity index (χ0n) is 7.46. The van der Waals surface area contributed by atoms with Crippen LogP contribution in [0.1, 0.15) is 12.5 Å². The molecule has 0 bridgehead atoms. The van der Waals surface area contributed by atoms with Crippen LogP contribution in [0.2, 0.25) is 0 Å². The molecule has 0 saturated heterocycles. The molecule has 12 heavy (non-hydrogen) atoms. The van der Waals surface area contributed by atoms with Crippen LogP contribution < -0.4 is 5.46 Å². The Morgan fingerprint density at radius 1 is 1.33 bits per heavy atom. The normalized spacial score (nSPS) is 11.2. The number of hydrogen-bond acceptors (Lipinski definition) is 0. The van der Waals surface area contributed by atoms with Crippen LogP contribution in [0.5, 0.6) is 0 Å². The van der Waals surface area contributed by atoms with Crippen LogP contribution in [0.3, 0.4) is 0 Å². The fraction of sp³-hybridized carbons (Fsp3) is 0.300. The quantitative estimate of drug-likeness (QED) is 0.486. The summed E-state index contributed by atoms with van der Waals surface area (Å²) < 4.78 is 0. The third-order valence-electron chi connectivity index (χ3n) is 1.83. The first-order valence-electron chi connectivity index (χ1n) is 4.12. The predicted molar refractivity (Wildman–Crippen MR) is 60.1 cm³/mol. The van der Waals surface area contributed by atoms with Crippen molar-refractivity contribution < 1.29 is 0 Å². The first-order valence-corrected chi connectivity index (χ1v) is 6.02. The third-order valence-corrected chi connectivity index (χ3v) is 3.54. The van der Waals surface area contributed by atoms with Crippen molar-refractivity contribution in [3.8, 4) is 0 Å². The van der Waals surface area contributed by atoms with Gasteiger partial charge in [-0.3, -0.25) is 0 Å². The highest BCUT2D eigenvalue weighted by atomic mass is 31.1. The molecule has 0 nitrogen and oxygen atoms in total. The fourth-order valence-corrected chi connectivity index (χ4v) is 1.94. The van der Waals surface area contributed by atoms with Crippen LogP contribution in [0.4, 0.5) is 0 Å². The van der Waals surface area contributed by atoms with Gasteiger partial charge in [0.15, 0.2) is 0 Å². The molecule has 0 spiro atoms. The minimum Gasteiger partial charge on any atom is -0.0966 e. The van der Waals surface area contributed by atoms with Crippen LogP contribution >= 0.6 is 7.55 Å². The molecule has 60 valence electrons. The summed E-state index contributed by atoms with van der Waals surface area (Å²) in [5.74, 6) is 0. The summed E-state index contributed by atoms with van der Waals surface area (Å²) in [6.45, 7) is 2.19. The van der Waals surface area contributed by atoms with Crippen molar-refractivity contribution in [1.82, 2.24) is 0 Å². The first kappa shape index (κ1) is 9.54. The lowest BCUT2D eigenvalue weighted by Gasteiger charge is -1.96.